The number of nitrogens with one attached hydrogen (secondary N) is 2. The van der Waals surface area contributed by atoms with E-state index < -0.39 is 6.10 Å². The van der Waals surface area contributed by atoms with Crippen molar-refractivity contribution < 1.29 is 19.4 Å². The Morgan fingerprint density at radius 3 is 2.48 bits per heavy atom. The summed E-state index contributed by atoms with van der Waals surface area (Å²) in [7, 11) is 1.62. The maximum atomic E-state index is 11.7. The van der Waals surface area contributed by atoms with Gasteiger partial charge in [-0.2, -0.15) is 0 Å². The van der Waals surface area contributed by atoms with Gasteiger partial charge in [0.15, 0.2) is 0 Å². The normalized spacial score (nSPS) is 12.0. The number of benzene rings is 1. The molecular formula is C15H24N2O4. The number of urea groups is 1. The zero-order chi connectivity index (χ0) is 15.7. The molecule has 118 valence electrons. The molecule has 1 aromatic rings. The number of carbonyl (C=O) groups is 1. The average Bonchev–Trinajstić information content (AvgIpc) is 2.46. The minimum absolute atomic E-state index is 0.105. The van der Waals surface area contributed by atoms with E-state index in [1.165, 1.54) is 0 Å². The number of anilines is 1. The first-order chi connectivity index (χ1) is 10.0. The highest BCUT2D eigenvalue weighted by molar-refractivity contribution is 5.89. The summed E-state index contributed by atoms with van der Waals surface area (Å²) in [6.45, 7) is 5.03. The van der Waals surface area contributed by atoms with Gasteiger partial charge in [-0.3, -0.25) is 0 Å². The highest BCUT2D eigenvalue weighted by Crippen LogP contribution is 2.15. The largest absolute Gasteiger partial charge is 0.491 e. The van der Waals surface area contributed by atoms with Crippen LogP contribution in [0.25, 0.3) is 0 Å². The van der Waals surface area contributed by atoms with Crippen LogP contribution in [0.2, 0.25) is 0 Å². The van der Waals surface area contributed by atoms with Gasteiger partial charge in [0, 0.05) is 19.3 Å². The second kappa shape index (κ2) is 9.20. The molecule has 0 bridgehead atoms. The fourth-order valence-electron chi connectivity index (χ4n) is 1.49. The van der Waals surface area contributed by atoms with E-state index >= 15 is 0 Å². The second-order valence-corrected chi connectivity index (χ2v) is 5.01. The molecule has 0 heterocycles. The molecule has 1 atom stereocenters. The quantitative estimate of drug-likeness (QED) is 0.640. The molecule has 0 fully saturated rings. The van der Waals surface area contributed by atoms with Crippen LogP contribution in [0.3, 0.4) is 0 Å². The summed E-state index contributed by atoms with van der Waals surface area (Å²) in [5.74, 6) is 0.821. The van der Waals surface area contributed by atoms with Gasteiger partial charge in [-0.25, -0.2) is 4.79 Å². The van der Waals surface area contributed by atoms with Gasteiger partial charge in [-0.1, -0.05) is 13.8 Å². The first-order valence-corrected chi connectivity index (χ1v) is 6.97. The zero-order valence-electron chi connectivity index (χ0n) is 12.8. The number of amides is 2. The van der Waals surface area contributed by atoms with Crippen LogP contribution in [0.5, 0.6) is 5.75 Å². The van der Waals surface area contributed by atoms with Gasteiger partial charge in [-0.05, 0) is 30.2 Å². The molecule has 0 radical (unpaired) electrons. The zero-order valence-corrected chi connectivity index (χ0v) is 12.8. The van der Waals surface area contributed by atoms with Crippen LogP contribution in [0.15, 0.2) is 24.3 Å². The van der Waals surface area contributed by atoms with Gasteiger partial charge in [0.05, 0.1) is 12.7 Å². The fraction of sp³-hybridized carbons (Fsp3) is 0.533. The van der Waals surface area contributed by atoms with E-state index in [2.05, 4.69) is 10.6 Å². The van der Waals surface area contributed by atoms with Crippen molar-refractivity contribution in [3.8, 4) is 5.75 Å². The standard InChI is InChI=1S/C15H24N2O4/c1-11(2)14(18)10-16-15(19)17-12-4-6-13(7-5-12)21-9-8-20-3/h4-7,11,14,18H,8-10H2,1-3H3,(H2,16,17,19). The number of rotatable bonds is 8. The number of carbonyl (C=O) groups excluding carboxylic acids is 1. The molecule has 3 N–H and O–H groups in total. The van der Waals surface area contributed by atoms with Crippen LogP contribution in [0.1, 0.15) is 13.8 Å². The number of aliphatic hydroxyl groups excluding tert-OH is 1. The lowest BCUT2D eigenvalue weighted by Gasteiger charge is -2.15. The Morgan fingerprint density at radius 2 is 1.90 bits per heavy atom. The molecule has 0 aromatic heterocycles. The van der Waals surface area contributed by atoms with E-state index in [4.69, 9.17) is 9.47 Å². The van der Waals surface area contributed by atoms with Crippen LogP contribution < -0.4 is 15.4 Å². The van der Waals surface area contributed by atoms with E-state index in [1.54, 1.807) is 31.4 Å². The van der Waals surface area contributed by atoms with Crippen LogP contribution in [-0.2, 0) is 4.74 Å². The van der Waals surface area contributed by atoms with E-state index in [-0.39, 0.29) is 18.5 Å². The summed E-state index contributed by atoms with van der Waals surface area (Å²) in [6.07, 6.45) is -0.549. The second-order valence-electron chi connectivity index (χ2n) is 5.01. The lowest BCUT2D eigenvalue weighted by Crippen LogP contribution is -2.37. The van der Waals surface area contributed by atoms with Gasteiger partial charge >= 0.3 is 6.03 Å². The number of hydrogen-bond acceptors (Lipinski definition) is 4. The maximum absolute atomic E-state index is 11.7. The minimum Gasteiger partial charge on any atom is -0.491 e. The van der Waals surface area contributed by atoms with Crippen molar-refractivity contribution in [3.05, 3.63) is 24.3 Å². The number of hydrogen-bond donors (Lipinski definition) is 3. The Labute approximate surface area is 125 Å². The molecule has 0 aliphatic rings. The molecule has 0 saturated carbocycles. The Bertz CT molecular complexity index is 420. The lowest BCUT2D eigenvalue weighted by molar-refractivity contribution is 0.126. The van der Waals surface area contributed by atoms with Crippen molar-refractivity contribution >= 4 is 11.7 Å². The fourth-order valence-corrected chi connectivity index (χ4v) is 1.49. The van der Waals surface area contributed by atoms with Crippen molar-refractivity contribution in [2.45, 2.75) is 20.0 Å². The first kappa shape index (κ1) is 17.3. The summed E-state index contributed by atoms with van der Waals surface area (Å²) in [6, 6.07) is 6.70. The van der Waals surface area contributed by atoms with Crippen LogP contribution >= 0.6 is 0 Å². The van der Waals surface area contributed by atoms with E-state index in [0.717, 1.165) is 0 Å². The van der Waals surface area contributed by atoms with Crippen molar-refractivity contribution in [3.63, 3.8) is 0 Å². The highest BCUT2D eigenvalue weighted by atomic mass is 16.5. The van der Waals surface area contributed by atoms with Crippen molar-refractivity contribution in [2.75, 3.05) is 32.2 Å². The molecule has 0 spiro atoms. The molecule has 0 aliphatic heterocycles. The van der Waals surface area contributed by atoms with E-state index in [1.807, 2.05) is 13.8 Å². The Hall–Kier alpha value is -1.79. The van der Waals surface area contributed by atoms with Crippen LogP contribution in [0, 0.1) is 5.92 Å². The number of ether oxygens (including phenoxy) is 2. The molecule has 2 amide bonds. The maximum Gasteiger partial charge on any atom is 0.319 e. The van der Waals surface area contributed by atoms with Gasteiger partial charge in [0.25, 0.3) is 0 Å². The Kier molecular flexibility index (Phi) is 7.56. The van der Waals surface area contributed by atoms with Gasteiger partial charge in [-0.15, -0.1) is 0 Å². The number of aliphatic hydroxyl groups is 1. The third kappa shape index (κ3) is 6.97. The van der Waals surface area contributed by atoms with Gasteiger partial charge in [0.1, 0.15) is 12.4 Å². The molecule has 0 saturated heterocycles. The van der Waals surface area contributed by atoms with Gasteiger partial charge in [0.2, 0.25) is 0 Å². The molecule has 6 heteroatoms. The topological polar surface area (TPSA) is 79.8 Å². The Balaban J connectivity index is 2.35. The molecule has 21 heavy (non-hydrogen) atoms. The predicted molar refractivity (Wildman–Crippen MR) is 81.7 cm³/mol. The van der Waals surface area contributed by atoms with Crippen molar-refractivity contribution in [2.24, 2.45) is 5.92 Å². The molecule has 6 nitrogen and oxygen atoms in total. The monoisotopic (exact) mass is 296 g/mol. The summed E-state index contributed by atoms with van der Waals surface area (Å²) in [5, 5.41) is 14.9. The first-order valence-electron chi connectivity index (χ1n) is 6.97. The van der Waals surface area contributed by atoms with E-state index in [0.29, 0.717) is 24.7 Å². The van der Waals surface area contributed by atoms with Crippen LogP contribution in [0.4, 0.5) is 10.5 Å². The summed E-state index contributed by atoms with van der Waals surface area (Å²) in [5.41, 5.74) is 0.658. The van der Waals surface area contributed by atoms with Crippen molar-refractivity contribution in [1.82, 2.24) is 5.32 Å². The SMILES string of the molecule is COCCOc1ccc(NC(=O)NCC(O)C(C)C)cc1. The summed E-state index contributed by atoms with van der Waals surface area (Å²) < 4.78 is 10.3. The third-order valence-corrected chi connectivity index (χ3v) is 2.91. The average molecular weight is 296 g/mol. The summed E-state index contributed by atoms with van der Waals surface area (Å²) >= 11 is 0. The summed E-state index contributed by atoms with van der Waals surface area (Å²) in [4.78, 5) is 11.7. The van der Waals surface area contributed by atoms with E-state index in [9.17, 15) is 9.90 Å². The molecular weight excluding hydrogens is 272 g/mol. The highest BCUT2D eigenvalue weighted by Gasteiger charge is 2.10. The molecule has 1 rings (SSSR count). The molecule has 1 unspecified atom stereocenters. The smallest absolute Gasteiger partial charge is 0.319 e. The van der Waals surface area contributed by atoms with Gasteiger partial charge < -0.3 is 25.2 Å². The predicted octanol–water partition coefficient (Wildman–Crippen LogP) is 1.85. The molecule has 1 aromatic carbocycles. The molecule has 0 aliphatic carbocycles. The Morgan fingerprint density at radius 1 is 1.24 bits per heavy atom. The van der Waals surface area contributed by atoms with Crippen LogP contribution in [-0.4, -0.2) is 44.1 Å². The number of methoxy groups -OCH3 is 1. The third-order valence-electron chi connectivity index (χ3n) is 2.91. The lowest BCUT2D eigenvalue weighted by atomic mass is 10.1. The van der Waals surface area contributed by atoms with Crippen molar-refractivity contribution in [1.29, 1.82) is 0 Å². The minimum atomic E-state index is -0.549.